The first-order chi connectivity index (χ1) is 9.11. The number of hydrogen-bond donors (Lipinski definition) is 1. The van der Waals surface area contributed by atoms with Gasteiger partial charge in [0.2, 0.25) is 5.89 Å². The van der Waals surface area contributed by atoms with Gasteiger partial charge in [-0.25, -0.2) is 4.98 Å². The molecule has 3 rings (SSSR count). The molecule has 1 aromatic carbocycles. The van der Waals surface area contributed by atoms with E-state index in [1.54, 1.807) is 30.5 Å². The van der Waals surface area contributed by atoms with E-state index in [1.807, 2.05) is 0 Å². The molecule has 0 saturated heterocycles. The molecule has 0 atom stereocenters. The van der Waals surface area contributed by atoms with E-state index in [9.17, 15) is 4.79 Å². The summed E-state index contributed by atoms with van der Waals surface area (Å²) in [5.74, 6) is 0.473. The number of nitrogen functional groups attached to an aromatic ring is 1. The Labute approximate surface area is 116 Å². The van der Waals surface area contributed by atoms with Crippen molar-refractivity contribution in [1.82, 2.24) is 9.55 Å². The second kappa shape index (κ2) is 4.55. The average molecular weight is 320 g/mol. The molecular weight excluding hydrogens is 310 g/mol. The maximum atomic E-state index is 11.7. The number of rotatable bonds is 2. The fourth-order valence-electron chi connectivity index (χ4n) is 1.83. The minimum Gasteiger partial charge on any atom is -0.439 e. The number of oxazole rings is 1. The van der Waals surface area contributed by atoms with Crippen LogP contribution in [0.5, 0.6) is 0 Å². The molecule has 96 valence electrons. The quantitative estimate of drug-likeness (QED) is 0.736. The van der Waals surface area contributed by atoms with Gasteiger partial charge in [0, 0.05) is 22.4 Å². The first kappa shape index (κ1) is 12.0. The van der Waals surface area contributed by atoms with Gasteiger partial charge < -0.3 is 14.7 Å². The van der Waals surface area contributed by atoms with Crippen molar-refractivity contribution in [3.05, 3.63) is 57.2 Å². The van der Waals surface area contributed by atoms with Crippen molar-refractivity contribution in [3.8, 4) is 0 Å². The van der Waals surface area contributed by atoms with E-state index in [1.165, 1.54) is 10.6 Å². The number of hydrogen-bond acceptors (Lipinski definition) is 4. The predicted octanol–water partition coefficient (Wildman–Crippen LogP) is 2.38. The van der Waals surface area contributed by atoms with Crippen LogP contribution in [0.3, 0.4) is 0 Å². The maximum Gasteiger partial charge on any atom is 0.251 e. The third-order valence-electron chi connectivity index (χ3n) is 2.71. The number of fused-ring (bicyclic) bond motifs is 1. The fourth-order valence-corrected chi connectivity index (χ4v) is 2.21. The Morgan fingerprint density at radius 3 is 3.00 bits per heavy atom. The lowest BCUT2D eigenvalue weighted by atomic mass is 10.3. The Morgan fingerprint density at radius 2 is 2.16 bits per heavy atom. The molecule has 0 aliphatic carbocycles. The summed E-state index contributed by atoms with van der Waals surface area (Å²) in [4.78, 5) is 16.0. The van der Waals surface area contributed by atoms with Crippen molar-refractivity contribution in [1.29, 1.82) is 0 Å². The molecule has 0 bridgehead atoms. The third-order valence-corrected chi connectivity index (χ3v) is 3.18. The van der Waals surface area contributed by atoms with Crippen LogP contribution < -0.4 is 11.3 Å². The van der Waals surface area contributed by atoms with Crippen LogP contribution in [0.4, 0.5) is 5.69 Å². The van der Waals surface area contributed by atoms with Gasteiger partial charge in [-0.2, -0.15) is 0 Å². The van der Waals surface area contributed by atoms with Crippen molar-refractivity contribution in [2.24, 2.45) is 0 Å². The number of benzene rings is 1. The van der Waals surface area contributed by atoms with Gasteiger partial charge in [-0.05, 0) is 40.2 Å². The molecule has 5 nitrogen and oxygen atoms in total. The lowest BCUT2D eigenvalue weighted by Crippen LogP contribution is -2.18. The number of nitrogens with zero attached hydrogens (tertiary/aromatic N) is 2. The molecule has 0 unspecified atom stereocenters. The average Bonchev–Trinajstić information content (AvgIpc) is 2.75. The largest absolute Gasteiger partial charge is 0.439 e. The molecular formula is C13H10BrN3O2. The Bertz CT molecular complexity index is 807. The highest BCUT2D eigenvalue weighted by Crippen LogP contribution is 2.18. The minimum atomic E-state index is -0.107. The summed E-state index contributed by atoms with van der Waals surface area (Å²) < 4.78 is 7.93. The van der Waals surface area contributed by atoms with Crippen LogP contribution in [0.2, 0.25) is 0 Å². The normalized spacial score (nSPS) is 11.0. The molecule has 0 radical (unpaired) electrons. The van der Waals surface area contributed by atoms with Gasteiger partial charge in [0.05, 0.1) is 0 Å². The van der Waals surface area contributed by atoms with Crippen LogP contribution >= 0.6 is 15.9 Å². The fraction of sp³-hybridized carbons (Fsp3) is 0.0769. The number of halogens is 1. The minimum absolute atomic E-state index is 0.107. The Hall–Kier alpha value is -2.08. The zero-order valence-electron chi connectivity index (χ0n) is 9.84. The van der Waals surface area contributed by atoms with Crippen LogP contribution in [0, 0.1) is 0 Å². The van der Waals surface area contributed by atoms with Crippen molar-refractivity contribution >= 4 is 32.7 Å². The van der Waals surface area contributed by atoms with Gasteiger partial charge in [0.15, 0.2) is 5.58 Å². The Balaban J connectivity index is 2.01. The topological polar surface area (TPSA) is 74.0 Å². The van der Waals surface area contributed by atoms with Gasteiger partial charge in [-0.1, -0.05) is 0 Å². The van der Waals surface area contributed by atoms with E-state index in [0.29, 0.717) is 22.7 Å². The van der Waals surface area contributed by atoms with Crippen molar-refractivity contribution < 1.29 is 4.42 Å². The van der Waals surface area contributed by atoms with Gasteiger partial charge in [0.25, 0.3) is 5.56 Å². The van der Waals surface area contributed by atoms with E-state index in [0.717, 1.165) is 4.47 Å². The number of anilines is 1. The summed E-state index contributed by atoms with van der Waals surface area (Å²) in [7, 11) is 0. The monoisotopic (exact) mass is 319 g/mol. The zero-order chi connectivity index (χ0) is 13.4. The van der Waals surface area contributed by atoms with Crippen LogP contribution in [0.25, 0.3) is 11.1 Å². The summed E-state index contributed by atoms with van der Waals surface area (Å²) >= 11 is 3.33. The highest BCUT2D eigenvalue weighted by atomic mass is 79.9. The van der Waals surface area contributed by atoms with Gasteiger partial charge >= 0.3 is 0 Å². The van der Waals surface area contributed by atoms with Crippen molar-refractivity contribution in [3.63, 3.8) is 0 Å². The molecule has 0 spiro atoms. The first-order valence-corrected chi connectivity index (χ1v) is 6.42. The predicted molar refractivity (Wildman–Crippen MR) is 75.9 cm³/mol. The Kier molecular flexibility index (Phi) is 2.87. The molecule has 2 N–H and O–H groups in total. The van der Waals surface area contributed by atoms with Crippen molar-refractivity contribution in [2.45, 2.75) is 6.54 Å². The summed E-state index contributed by atoms with van der Waals surface area (Å²) in [5, 5.41) is 0. The highest BCUT2D eigenvalue weighted by Gasteiger charge is 2.07. The molecule has 3 aromatic rings. The smallest absolute Gasteiger partial charge is 0.251 e. The van der Waals surface area contributed by atoms with E-state index in [-0.39, 0.29) is 12.1 Å². The van der Waals surface area contributed by atoms with E-state index in [4.69, 9.17) is 10.2 Å². The van der Waals surface area contributed by atoms with Gasteiger partial charge in [-0.15, -0.1) is 0 Å². The van der Waals surface area contributed by atoms with Crippen LogP contribution in [-0.4, -0.2) is 9.55 Å². The number of aromatic nitrogens is 2. The van der Waals surface area contributed by atoms with Gasteiger partial charge in [0.1, 0.15) is 12.1 Å². The van der Waals surface area contributed by atoms with Gasteiger partial charge in [-0.3, -0.25) is 4.79 Å². The molecule has 0 aliphatic heterocycles. The number of nitrogens with two attached hydrogens (primary N) is 1. The second-order valence-electron chi connectivity index (χ2n) is 4.15. The SMILES string of the molecule is Nc1ccc2oc(Cn3cc(Br)ccc3=O)nc2c1. The molecule has 2 aromatic heterocycles. The zero-order valence-corrected chi connectivity index (χ0v) is 11.4. The summed E-state index contributed by atoms with van der Waals surface area (Å²) in [6.45, 7) is 0.285. The molecule has 19 heavy (non-hydrogen) atoms. The van der Waals surface area contributed by atoms with Crippen molar-refractivity contribution in [2.75, 3.05) is 5.73 Å². The highest BCUT2D eigenvalue weighted by molar-refractivity contribution is 9.10. The molecule has 6 heteroatoms. The first-order valence-electron chi connectivity index (χ1n) is 5.63. The lowest BCUT2D eigenvalue weighted by molar-refractivity contribution is 0.504. The summed E-state index contributed by atoms with van der Waals surface area (Å²) in [6.07, 6.45) is 1.70. The molecule has 2 heterocycles. The second-order valence-corrected chi connectivity index (χ2v) is 5.06. The van der Waals surface area contributed by atoms with E-state index >= 15 is 0 Å². The lowest BCUT2D eigenvalue weighted by Gasteiger charge is -2.01. The Morgan fingerprint density at radius 1 is 1.32 bits per heavy atom. The summed E-state index contributed by atoms with van der Waals surface area (Å²) in [5.41, 5.74) is 7.56. The van der Waals surface area contributed by atoms with Crippen LogP contribution in [-0.2, 0) is 6.54 Å². The third kappa shape index (κ3) is 2.39. The van der Waals surface area contributed by atoms with E-state index < -0.39 is 0 Å². The molecule has 0 aliphatic rings. The summed E-state index contributed by atoms with van der Waals surface area (Å²) in [6, 6.07) is 8.45. The molecule has 0 fully saturated rings. The molecule has 0 amide bonds. The number of pyridine rings is 1. The molecule has 0 saturated carbocycles. The standard InChI is InChI=1S/C13H10BrN3O2/c14-8-1-4-13(18)17(6-8)7-12-16-10-5-9(15)2-3-11(10)19-12/h1-6H,7,15H2. The van der Waals surface area contributed by atoms with Crippen LogP contribution in [0.15, 0.2) is 50.2 Å². The van der Waals surface area contributed by atoms with E-state index in [2.05, 4.69) is 20.9 Å². The maximum absolute atomic E-state index is 11.7. The van der Waals surface area contributed by atoms with Crippen LogP contribution in [0.1, 0.15) is 5.89 Å².